The summed E-state index contributed by atoms with van der Waals surface area (Å²) in [5, 5.41) is 3.05. The second-order valence-corrected chi connectivity index (χ2v) is 6.67. The molecule has 0 aromatic heterocycles. The van der Waals surface area contributed by atoms with Crippen molar-refractivity contribution in [2.24, 2.45) is 0 Å². The summed E-state index contributed by atoms with van der Waals surface area (Å²) in [6.07, 6.45) is 2.30. The molecule has 0 radical (unpaired) electrons. The summed E-state index contributed by atoms with van der Waals surface area (Å²) in [5.74, 6) is 0.177. The van der Waals surface area contributed by atoms with Crippen LogP contribution in [0.5, 0.6) is 5.75 Å². The van der Waals surface area contributed by atoms with Crippen molar-refractivity contribution in [2.45, 2.75) is 25.8 Å². The number of methoxy groups -OCH3 is 1. The van der Waals surface area contributed by atoms with Crippen molar-refractivity contribution in [1.29, 1.82) is 0 Å². The fraction of sp³-hybridized carbons (Fsp3) is 0.381. The van der Waals surface area contributed by atoms with Crippen molar-refractivity contribution >= 4 is 5.91 Å². The second-order valence-electron chi connectivity index (χ2n) is 6.67. The molecule has 1 saturated heterocycles. The van der Waals surface area contributed by atoms with Crippen LogP contribution in [0.4, 0.5) is 4.39 Å². The lowest BCUT2D eigenvalue weighted by Crippen LogP contribution is -2.37. The Labute approximate surface area is 154 Å². The van der Waals surface area contributed by atoms with E-state index in [1.165, 1.54) is 12.1 Å². The quantitative estimate of drug-likeness (QED) is 0.858. The number of nitrogens with one attached hydrogen (secondary N) is 1. The second kappa shape index (κ2) is 8.32. The first-order valence-corrected chi connectivity index (χ1v) is 9.01. The molecule has 1 fully saturated rings. The van der Waals surface area contributed by atoms with Gasteiger partial charge in [-0.25, -0.2) is 4.39 Å². The lowest BCUT2D eigenvalue weighted by molar-refractivity contribution is 0.0934. The molecular weight excluding hydrogens is 331 g/mol. The van der Waals surface area contributed by atoms with Crippen LogP contribution in [0.1, 0.15) is 40.4 Å². The molecule has 1 atom stereocenters. The Morgan fingerprint density at radius 2 is 1.88 bits per heavy atom. The normalized spacial score (nSPS) is 15.7. The number of hydrogen-bond acceptors (Lipinski definition) is 3. The van der Waals surface area contributed by atoms with Crippen LogP contribution >= 0.6 is 0 Å². The molecule has 26 heavy (non-hydrogen) atoms. The van der Waals surface area contributed by atoms with E-state index in [9.17, 15) is 9.18 Å². The summed E-state index contributed by atoms with van der Waals surface area (Å²) in [6, 6.07) is 12.2. The predicted molar refractivity (Wildman–Crippen MR) is 100 cm³/mol. The summed E-state index contributed by atoms with van der Waals surface area (Å²) in [7, 11) is 1.57. The van der Waals surface area contributed by atoms with Gasteiger partial charge in [0.2, 0.25) is 0 Å². The Balaban J connectivity index is 1.77. The van der Waals surface area contributed by atoms with Gasteiger partial charge in [-0.3, -0.25) is 9.69 Å². The molecule has 0 aliphatic carbocycles. The van der Waals surface area contributed by atoms with E-state index in [1.807, 2.05) is 19.1 Å². The smallest absolute Gasteiger partial charge is 0.255 e. The van der Waals surface area contributed by atoms with E-state index in [0.717, 1.165) is 37.1 Å². The van der Waals surface area contributed by atoms with Gasteiger partial charge < -0.3 is 10.1 Å². The minimum atomic E-state index is -0.248. The molecular formula is C21H25FN2O2. The Morgan fingerprint density at radius 3 is 2.54 bits per heavy atom. The van der Waals surface area contributed by atoms with Crippen molar-refractivity contribution in [3.05, 3.63) is 65.0 Å². The van der Waals surface area contributed by atoms with Crippen molar-refractivity contribution in [3.63, 3.8) is 0 Å². The lowest BCUT2D eigenvalue weighted by Gasteiger charge is -2.28. The number of benzene rings is 2. The van der Waals surface area contributed by atoms with E-state index in [4.69, 9.17) is 4.74 Å². The Bertz CT molecular complexity index is 755. The van der Waals surface area contributed by atoms with Crippen molar-refractivity contribution in [1.82, 2.24) is 10.2 Å². The van der Waals surface area contributed by atoms with Crippen LogP contribution in [0.15, 0.2) is 42.5 Å². The number of carbonyl (C=O) groups is 1. The molecule has 1 amide bonds. The standard InChI is InChI=1S/C21H25FN2O2/c1-15-6-5-7-19(26-2)20(15)21(25)23-14-18(24-12-3-4-13-24)16-8-10-17(22)11-9-16/h5-11,18H,3-4,12-14H2,1-2H3,(H,23,25). The summed E-state index contributed by atoms with van der Waals surface area (Å²) >= 11 is 0. The lowest BCUT2D eigenvalue weighted by atomic mass is 10.0. The van der Waals surface area contributed by atoms with Crippen LogP contribution in [0.25, 0.3) is 0 Å². The average Bonchev–Trinajstić information content (AvgIpc) is 3.17. The SMILES string of the molecule is COc1cccc(C)c1C(=O)NCC(c1ccc(F)cc1)N1CCCC1. The minimum Gasteiger partial charge on any atom is -0.496 e. The summed E-state index contributed by atoms with van der Waals surface area (Å²) < 4.78 is 18.6. The number of nitrogens with zero attached hydrogens (tertiary/aromatic N) is 1. The Hall–Kier alpha value is -2.40. The molecule has 3 rings (SSSR count). The van der Waals surface area contributed by atoms with Gasteiger partial charge in [-0.05, 0) is 62.2 Å². The summed E-state index contributed by atoms with van der Waals surface area (Å²) in [4.78, 5) is 15.1. The van der Waals surface area contributed by atoms with Crippen LogP contribution in [0.3, 0.4) is 0 Å². The van der Waals surface area contributed by atoms with Crippen molar-refractivity contribution < 1.29 is 13.9 Å². The number of carbonyl (C=O) groups excluding carboxylic acids is 1. The largest absolute Gasteiger partial charge is 0.496 e. The highest BCUT2D eigenvalue weighted by Crippen LogP contribution is 2.26. The fourth-order valence-electron chi connectivity index (χ4n) is 3.58. The topological polar surface area (TPSA) is 41.6 Å². The van der Waals surface area contributed by atoms with Crippen LogP contribution in [-0.4, -0.2) is 37.6 Å². The van der Waals surface area contributed by atoms with E-state index < -0.39 is 0 Å². The minimum absolute atomic E-state index is 0.0389. The van der Waals surface area contributed by atoms with Crippen molar-refractivity contribution in [2.75, 3.05) is 26.7 Å². The first kappa shape index (κ1) is 18.4. The molecule has 1 aliphatic rings. The molecule has 2 aromatic rings. The van der Waals surface area contributed by atoms with Crippen LogP contribution in [-0.2, 0) is 0 Å². The zero-order valence-electron chi connectivity index (χ0n) is 15.3. The zero-order valence-corrected chi connectivity index (χ0v) is 15.3. The van der Waals surface area contributed by atoms with Gasteiger partial charge in [0, 0.05) is 6.54 Å². The maximum atomic E-state index is 13.3. The molecule has 4 nitrogen and oxygen atoms in total. The first-order valence-electron chi connectivity index (χ1n) is 9.01. The number of amides is 1. The van der Waals surface area contributed by atoms with Crippen LogP contribution in [0, 0.1) is 12.7 Å². The van der Waals surface area contributed by atoms with Gasteiger partial charge in [-0.15, -0.1) is 0 Å². The molecule has 1 aliphatic heterocycles. The Morgan fingerprint density at radius 1 is 1.19 bits per heavy atom. The van der Waals surface area contributed by atoms with E-state index in [-0.39, 0.29) is 17.8 Å². The Kier molecular flexibility index (Phi) is 5.89. The molecule has 5 heteroatoms. The van der Waals surface area contributed by atoms with Gasteiger partial charge in [-0.2, -0.15) is 0 Å². The highest BCUT2D eigenvalue weighted by atomic mass is 19.1. The number of aryl methyl sites for hydroxylation is 1. The van der Waals surface area contributed by atoms with Gasteiger partial charge in [0.05, 0.1) is 18.7 Å². The number of rotatable bonds is 6. The third kappa shape index (κ3) is 4.05. The average molecular weight is 356 g/mol. The van der Waals surface area contributed by atoms with Crippen LogP contribution in [0.2, 0.25) is 0 Å². The number of ether oxygens (including phenoxy) is 1. The van der Waals surface area contributed by atoms with Gasteiger partial charge in [0.25, 0.3) is 5.91 Å². The molecule has 0 saturated carbocycles. The van der Waals surface area contributed by atoms with E-state index in [2.05, 4.69) is 10.2 Å². The molecule has 1 heterocycles. The fourth-order valence-corrected chi connectivity index (χ4v) is 3.58. The number of likely N-dealkylation sites (tertiary alicyclic amines) is 1. The zero-order chi connectivity index (χ0) is 18.5. The van der Waals surface area contributed by atoms with E-state index in [0.29, 0.717) is 17.9 Å². The highest BCUT2D eigenvalue weighted by molar-refractivity contribution is 5.98. The van der Waals surface area contributed by atoms with Gasteiger partial charge in [0.1, 0.15) is 11.6 Å². The summed E-state index contributed by atoms with van der Waals surface area (Å²) in [6.45, 7) is 4.36. The van der Waals surface area contributed by atoms with Gasteiger partial charge >= 0.3 is 0 Å². The maximum Gasteiger partial charge on any atom is 0.255 e. The van der Waals surface area contributed by atoms with Crippen molar-refractivity contribution in [3.8, 4) is 5.75 Å². The third-order valence-corrected chi connectivity index (χ3v) is 4.97. The van der Waals surface area contributed by atoms with E-state index >= 15 is 0 Å². The molecule has 2 aromatic carbocycles. The molecule has 1 N–H and O–H groups in total. The van der Waals surface area contributed by atoms with E-state index in [1.54, 1.807) is 25.3 Å². The van der Waals surface area contributed by atoms with Gasteiger partial charge in [0.15, 0.2) is 0 Å². The first-order chi connectivity index (χ1) is 12.6. The van der Waals surface area contributed by atoms with Gasteiger partial charge in [-0.1, -0.05) is 24.3 Å². The monoisotopic (exact) mass is 356 g/mol. The number of halogens is 1. The van der Waals surface area contributed by atoms with Crippen LogP contribution < -0.4 is 10.1 Å². The summed E-state index contributed by atoms with van der Waals surface area (Å²) in [5.41, 5.74) is 2.46. The maximum absolute atomic E-state index is 13.3. The predicted octanol–water partition coefficient (Wildman–Crippen LogP) is 3.71. The molecule has 0 bridgehead atoms. The third-order valence-electron chi connectivity index (χ3n) is 4.97. The molecule has 1 unspecified atom stereocenters. The molecule has 138 valence electrons. The molecule has 0 spiro atoms. The number of hydrogen-bond donors (Lipinski definition) is 1. The highest BCUT2D eigenvalue weighted by Gasteiger charge is 2.25.